The highest BCUT2D eigenvalue weighted by Gasteiger charge is 2.16. The zero-order valence-corrected chi connectivity index (χ0v) is 7.49. The van der Waals surface area contributed by atoms with Gasteiger partial charge in [-0.15, -0.1) is 0 Å². The van der Waals surface area contributed by atoms with E-state index >= 15 is 0 Å². The van der Waals surface area contributed by atoms with E-state index in [1.54, 1.807) is 0 Å². The van der Waals surface area contributed by atoms with E-state index in [-0.39, 0.29) is 6.04 Å². The second-order valence-corrected chi connectivity index (χ2v) is 3.07. The molecule has 0 heterocycles. The van der Waals surface area contributed by atoms with Gasteiger partial charge in [0.2, 0.25) is 6.04 Å². The van der Waals surface area contributed by atoms with E-state index in [1.165, 1.54) is 5.56 Å². The summed E-state index contributed by atoms with van der Waals surface area (Å²) in [6.45, 7) is 11.0. The predicted molar refractivity (Wildman–Crippen MR) is 50.9 cm³/mol. The van der Waals surface area contributed by atoms with E-state index in [0.717, 1.165) is 0 Å². The van der Waals surface area contributed by atoms with Gasteiger partial charge in [0.25, 0.3) is 0 Å². The van der Waals surface area contributed by atoms with Crippen molar-refractivity contribution in [2.24, 2.45) is 0 Å². The topological polar surface area (TPSA) is 4.36 Å². The average molecular weight is 159 g/mol. The summed E-state index contributed by atoms with van der Waals surface area (Å²) in [5.41, 5.74) is 1.25. The Bertz CT molecular complexity index is 271. The molecule has 0 amide bonds. The van der Waals surface area contributed by atoms with Crippen LogP contribution < -0.4 is 0 Å². The molecule has 0 aliphatic heterocycles. The van der Waals surface area contributed by atoms with Crippen molar-refractivity contribution >= 4 is 0 Å². The molecule has 2 atom stereocenters. The van der Waals surface area contributed by atoms with Gasteiger partial charge >= 0.3 is 0 Å². The number of rotatable bonds is 2. The molecule has 0 bridgehead atoms. The molecule has 0 saturated carbocycles. The quantitative estimate of drug-likeness (QED) is 0.584. The maximum Gasteiger partial charge on any atom is 0.227 e. The van der Waals surface area contributed by atoms with Crippen molar-refractivity contribution < 1.29 is 0 Å². The molecule has 0 radical (unpaired) electrons. The summed E-state index contributed by atoms with van der Waals surface area (Å²) >= 11 is 0. The normalized spacial score (nSPS) is 14.8. The van der Waals surface area contributed by atoms with Crippen LogP contribution in [0.25, 0.3) is 4.85 Å². The molecule has 1 nitrogen and oxygen atoms in total. The van der Waals surface area contributed by atoms with Crippen LogP contribution in [0.3, 0.4) is 0 Å². The van der Waals surface area contributed by atoms with Crippen molar-refractivity contribution in [3.05, 3.63) is 47.3 Å². The molecule has 0 spiro atoms. The average Bonchev–Trinajstić information content (AvgIpc) is 2.17. The second kappa shape index (κ2) is 3.92. The van der Waals surface area contributed by atoms with Gasteiger partial charge in [0, 0.05) is 6.92 Å². The fourth-order valence-electron chi connectivity index (χ4n) is 1.15. The van der Waals surface area contributed by atoms with Crippen molar-refractivity contribution in [1.82, 2.24) is 0 Å². The third-order valence-corrected chi connectivity index (χ3v) is 2.25. The van der Waals surface area contributed by atoms with Crippen LogP contribution in [0.5, 0.6) is 0 Å². The molecule has 1 rings (SSSR count). The summed E-state index contributed by atoms with van der Waals surface area (Å²) < 4.78 is 0. The Morgan fingerprint density at radius 3 is 2.25 bits per heavy atom. The summed E-state index contributed by atoms with van der Waals surface area (Å²) in [6, 6.07) is 10.3. The summed E-state index contributed by atoms with van der Waals surface area (Å²) in [5.74, 6) is 0.337. The standard InChI is InChI=1S/C11H13N/c1-9(10(2)12-3)11-7-5-4-6-8-11/h4-10H,1-2H3. The van der Waals surface area contributed by atoms with Gasteiger partial charge in [0.1, 0.15) is 0 Å². The van der Waals surface area contributed by atoms with Gasteiger partial charge < -0.3 is 4.85 Å². The fraction of sp³-hybridized carbons (Fsp3) is 0.364. The zero-order chi connectivity index (χ0) is 8.97. The third kappa shape index (κ3) is 1.85. The molecule has 0 N–H and O–H groups in total. The SMILES string of the molecule is [C-]#[N+]C(C)C(C)c1ccccc1. The Hall–Kier alpha value is -1.29. The van der Waals surface area contributed by atoms with Crippen LogP contribution in [0.2, 0.25) is 0 Å². The zero-order valence-electron chi connectivity index (χ0n) is 7.49. The van der Waals surface area contributed by atoms with E-state index in [2.05, 4.69) is 23.9 Å². The van der Waals surface area contributed by atoms with E-state index < -0.39 is 0 Å². The van der Waals surface area contributed by atoms with Crippen molar-refractivity contribution in [1.29, 1.82) is 0 Å². The van der Waals surface area contributed by atoms with Gasteiger partial charge in [0.15, 0.2) is 0 Å². The van der Waals surface area contributed by atoms with Crippen LogP contribution in [0.4, 0.5) is 0 Å². The van der Waals surface area contributed by atoms with Gasteiger partial charge in [-0.1, -0.05) is 37.3 Å². The molecule has 2 unspecified atom stereocenters. The summed E-state index contributed by atoms with van der Waals surface area (Å²) in [7, 11) is 0. The third-order valence-electron chi connectivity index (χ3n) is 2.25. The van der Waals surface area contributed by atoms with E-state index in [0.29, 0.717) is 5.92 Å². The van der Waals surface area contributed by atoms with Crippen molar-refractivity contribution in [3.8, 4) is 0 Å². The lowest BCUT2D eigenvalue weighted by Gasteiger charge is -2.09. The molecule has 1 aromatic rings. The Kier molecular flexibility index (Phi) is 2.88. The molecule has 0 fully saturated rings. The molecule has 1 aromatic carbocycles. The highest BCUT2D eigenvalue weighted by Crippen LogP contribution is 2.20. The molecular formula is C11H13N. The summed E-state index contributed by atoms with van der Waals surface area (Å²) in [4.78, 5) is 3.51. The van der Waals surface area contributed by atoms with Crippen LogP contribution in [-0.4, -0.2) is 6.04 Å². The van der Waals surface area contributed by atoms with Crippen LogP contribution in [0.1, 0.15) is 25.3 Å². The lowest BCUT2D eigenvalue weighted by molar-refractivity contribution is 0.685. The van der Waals surface area contributed by atoms with E-state index in [9.17, 15) is 0 Å². The Morgan fingerprint density at radius 2 is 1.75 bits per heavy atom. The number of hydrogen-bond acceptors (Lipinski definition) is 0. The lowest BCUT2D eigenvalue weighted by atomic mass is 9.95. The van der Waals surface area contributed by atoms with E-state index in [1.807, 2.05) is 25.1 Å². The molecule has 0 saturated heterocycles. The number of hydrogen-bond donors (Lipinski definition) is 0. The molecule has 0 aliphatic carbocycles. The first-order valence-corrected chi connectivity index (χ1v) is 4.17. The van der Waals surface area contributed by atoms with Gasteiger partial charge in [-0.05, 0) is 5.56 Å². The minimum atomic E-state index is 0.0763. The van der Waals surface area contributed by atoms with Crippen molar-refractivity contribution in [2.45, 2.75) is 25.8 Å². The first kappa shape index (κ1) is 8.80. The van der Waals surface area contributed by atoms with Crippen LogP contribution in [-0.2, 0) is 0 Å². The predicted octanol–water partition coefficient (Wildman–Crippen LogP) is 3.10. The van der Waals surface area contributed by atoms with Crippen molar-refractivity contribution in [2.75, 3.05) is 0 Å². The Morgan fingerprint density at radius 1 is 1.17 bits per heavy atom. The minimum absolute atomic E-state index is 0.0763. The highest BCUT2D eigenvalue weighted by atomic mass is 14.7. The van der Waals surface area contributed by atoms with E-state index in [4.69, 9.17) is 6.57 Å². The summed E-state index contributed by atoms with van der Waals surface area (Å²) in [5, 5.41) is 0. The van der Waals surface area contributed by atoms with Crippen molar-refractivity contribution in [3.63, 3.8) is 0 Å². The maximum atomic E-state index is 6.91. The first-order chi connectivity index (χ1) is 5.75. The Labute approximate surface area is 73.9 Å². The second-order valence-electron chi connectivity index (χ2n) is 3.07. The lowest BCUT2D eigenvalue weighted by Crippen LogP contribution is -2.06. The maximum absolute atomic E-state index is 6.91. The highest BCUT2D eigenvalue weighted by molar-refractivity contribution is 5.21. The largest absolute Gasteiger partial charge is 0.313 e. The van der Waals surface area contributed by atoms with Crippen LogP contribution in [0, 0.1) is 6.57 Å². The molecule has 0 aliphatic rings. The van der Waals surface area contributed by atoms with Gasteiger partial charge in [-0.3, -0.25) is 0 Å². The van der Waals surface area contributed by atoms with Crippen LogP contribution in [0.15, 0.2) is 30.3 Å². The monoisotopic (exact) mass is 159 g/mol. The molecule has 1 heteroatoms. The fourth-order valence-corrected chi connectivity index (χ4v) is 1.15. The minimum Gasteiger partial charge on any atom is -0.313 e. The number of nitrogens with zero attached hydrogens (tertiary/aromatic N) is 1. The van der Waals surface area contributed by atoms with Gasteiger partial charge in [0.05, 0.1) is 5.92 Å². The number of benzene rings is 1. The molecular weight excluding hydrogens is 146 g/mol. The van der Waals surface area contributed by atoms with Gasteiger partial charge in [-0.2, -0.15) is 0 Å². The van der Waals surface area contributed by atoms with Crippen LogP contribution >= 0.6 is 0 Å². The van der Waals surface area contributed by atoms with Gasteiger partial charge in [-0.25, -0.2) is 6.57 Å². The Balaban J connectivity index is 2.80. The molecule has 12 heavy (non-hydrogen) atoms. The smallest absolute Gasteiger partial charge is 0.227 e. The molecule has 62 valence electrons. The first-order valence-electron chi connectivity index (χ1n) is 4.17. The molecule has 0 aromatic heterocycles. The summed E-state index contributed by atoms with van der Waals surface area (Å²) in [6.07, 6.45) is 0.